The summed E-state index contributed by atoms with van der Waals surface area (Å²) in [6, 6.07) is 0. The highest BCUT2D eigenvalue weighted by Crippen LogP contribution is 2.17. The molecule has 0 aliphatic carbocycles. The summed E-state index contributed by atoms with van der Waals surface area (Å²) in [5.74, 6) is -0.897. The molecule has 0 aliphatic rings. The number of carbonyl (C=O) groups excluding carboxylic acids is 3. The van der Waals surface area contributed by atoms with Crippen molar-refractivity contribution in [1.29, 1.82) is 0 Å². The van der Waals surface area contributed by atoms with Gasteiger partial charge in [0.15, 0.2) is 6.10 Å². The van der Waals surface area contributed by atoms with Gasteiger partial charge in [-0.15, -0.1) is 0 Å². The van der Waals surface area contributed by atoms with E-state index in [0.29, 0.717) is 19.3 Å². The van der Waals surface area contributed by atoms with Gasteiger partial charge >= 0.3 is 17.9 Å². The highest BCUT2D eigenvalue weighted by molar-refractivity contribution is 5.71. The fourth-order valence-corrected chi connectivity index (χ4v) is 9.53. The van der Waals surface area contributed by atoms with Gasteiger partial charge in [-0.05, 0) is 89.9 Å². The Kier molecular flexibility index (Phi) is 61.7. The zero-order valence-corrected chi connectivity index (χ0v) is 50.5. The Labute approximate surface area is 472 Å². The Balaban J connectivity index is 4.03. The maximum atomic E-state index is 12.8. The first kappa shape index (κ1) is 72.8. The third-order valence-electron chi connectivity index (χ3n) is 14.4. The summed E-state index contributed by atoms with van der Waals surface area (Å²) in [5, 5.41) is 0. The molecule has 1 atom stereocenters. The second-order valence-electron chi connectivity index (χ2n) is 22.0. The predicted octanol–water partition coefficient (Wildman–Crippen LogP) is 22.5. The van der Waals surface area contributed by atoms with E-state index in [9.17, 15) is 14.4 Å². The van der Waals surface area contributed by atoms with Crippen LogP contribution < -0.4 is 0 Å². The summed E-state index contributed by atoms with van der Waals surface area (Å²) >= 11 is 0. The third kappa shape index (κ3) is 61.7. The molecule has 6 heteroatoms. The number of rotatable bonds is 60. The minimum absolute atomic E-state index is 0.0806. The van der Waals surface area contributed by atoms with Crippen LogP contribution in [-0.4, -0.2) is 37.2 Å². The normalized spacial score (nSPS) is 12.5. The maximum absolute atomic E-state index is 12.8. The molecule has 0 radical (unpaired) electrons. The largest absolute Gasteiger partial charge is 0.462 e. The highest BCUT2D eigenvalue weighted by atomic mass is 16.6. The van der Waals surface area contributed by atoms with Crippen molar-refractivity contribution in [3.63, 3.8) is 0 Å². The van der Waals surface area contributed by atoms with Gasteiger partial charge in [-0.1, -0.05) is 299 Å². The summed E-state index contributed by atoms with van der Waals surface area (Å²) in [5.41, 5.74) is 0. The molecule has 0 aromatic carbocycles. The fraction of sp³-hybridized carbons (Fsp3) is 0.786. The molecule has 0 aliphatic heterocycles. The van der Waals surface area contributed by atoms with E-state index in [1.807, 2.05) is 0 Å². The Morgan fingerprint density at radius 1 is 0.276 bits per heavy atom. The number of carbonyl (C=O) groups is 3. The summed E-state index contributed by atoms with van der Waals surface area (Å²) in [6.07, 6.45) is 83.9. The first-order chi connectivity index (χ1) is 37.5. The Bertz CT molecular complexity index is 1400. The van der Waals surface area contributed by atoms with Crippen molar-refractivity contribution >= 4 is 17.9 Å². The van der Waals surface area contributed by atoms with E-state index in [4.69, 9.17) is 14.2 Å². The molecule has 0 N–H and O–H groups in total. The average Bonchev–Trinajstić information content (AvgIpc) is 3.42. The summed E-state index contributed by atoms with van der Waals surface area (Å²) in [7, 11) is 0. The Hall–Kier alpha value is -3.15. The molecule has 0 rings (SSSR count). The standard InChI is InChI=1S/C70H124O6/c1-4-7-10-13-16-18-20-22-24-26-28-30-31-32-33-34-35-36-37-38-39-41-42-44-46-48-50-52-54-57-60-63-69(72)75-66-67(65-74-68(71)62-59-56-15-12-9-6-3)76-70(73)64-61-58-55-53-51-49-47-45-43-40-29-27-25-23-21-19-17-14-11-8-5-2/h8,11,17,19,23,25-26,28-29,40,45,47,67H,4-7,9-10,12-16,18,20-22,24,27,30-39,41-44,46,48-66H2,1-3H3/b11-8-,19-17-,25-23-,28-26-,40-29-,47-45-. The molecule has 0 aromatic heterocycles. The summed E-state index contributed by atoms with van der Waals surface area (Å²) in [6.45, 7) is 6.48. The number of hydrogen-bond donors (Lipinski definition) is 0. The van der Waals surface area contributed by atoms with Gasteiger partial charge in [0, 0.05) is 19.3 Å². The van der Waals surface area contributed by atoms with Crippen LogP contribution in [0.3, 0.4) is 0 Å². The van der Waals surface area contributed by atoms with Gasteiger partial charge in [0.2, 0.25) is 0 Å². The smallest absolute Gasteiger partial charge is 0.306 e. The SMILES string of the molecule is CC/C=C\C/C=C\C/C=C\C/C=C\C/C=C\CCCCCCCC(=O)OC(COC(=O)CCCCCCCC)COC(=O)CCCCCCCCCCCCCCCCCCCCC/C=C\CCCCCCCCCC. The number of unbranched alkanes of at least 4 members (excludes halogenated alkanes) is 37. The Morgan fingerprint density at radius 3 is 0.816 bits per heavy atom. The second kappa shape index (κ2) is 64.4. The first-order valence-electron chi connectivity index (χ1n) is 32.9. The van der Waals surface area contributed by atoms with Crippen LogP contribution in [0.4, 0.5) is 0 Å². The molecule has 1 unspecified atom stereocenters. The van der Waals surface area contributed by atoms with Gasteiger partial charge in [0.05, 0.1) is 0 Å². The van der Waals surface area contributed by atoms with Gasteiger partial charge in [-0.25, -0.2) is 0 Å². The lowest BCUT2D eigenvalue weighted by atomic mass is 10.0. The summed E-state index contributed by atoms with van der Waals surface area (Å²) in [4.78, 5) is 38.0. The molecule has 0 spiro atoms. The van der Waals surface area contributed by atoms with E-state index in [0.717, 1.165) is 109 Å². The van der Waals surface area contributed by atoms with E-state index in [-0.39, 0.29) is 31.1 Å². The molecule has 76 heavy (non-hydrogen) atoms. The zero-order chi connectivity index (χ0) is 55.0. The third-order valence-corrected chi connectivity index (χ3v) is 14.4. The van der Waals surface area contributed by atoms with E-state index in [2.05, 4.69) is 93.7 Å². The minimum Gasteiger partial charge on any atom is -0.462 e. The van der Waals surface area contributed by atoms with Gasteiger partial charge < -0.3 is 14.2 Å². The molecule has 0 fully saturated rings. The lowest BCUT2D eigenvalue weighted by Gasteiger charge is -2.18. The van der Waals surface area contributed by atoms with E-state index in [1.165, 1.54) is 186 Å². The van der Waals surface area contributed by atoms with Crippen molar-refractivity contribution in [3.05, 3.63) is 72.9 Å². The topological polar surface area (TPSA) is 78.9 Å². The van der Waals surface area contributed by atoms with Crippen molar-refractivity contribution in [2.45, 2.75) is 341 Å². The predicted molar refractivity (Wildman–Crippen MR) is 330 cm³/mol. The monoisotopic (exact) mass is 1060 g/mol. The number of ether oxygens (including phenoxy) is 3. The maximum Gasteiger partial charge on any atom is 0.306 e. The number of esters is 3. The minimum atomic E-state index is -0.782. The first-order valence-corrected chi connectivity index (χ1v) is 32.9. The molecule has 0 heterocycles. The zero-order valence-electron chi connectivity index (χ0n) is 50.5. The van der Waals surface area contributed by atoms with E-state index >= 15 is 0 Å². The van der Waals surface area contributed by atoms with Crippen molar-refractivity contribution in [2.75, 3.05) is 13.2 Å². The van der Waals surface area contributed by atoms with Crippen LogP contribution in [-0.2, 0) is 28.6 Å². The van der Waals surface area contributed by atoms with Gasteiger partial charge in [0.1, 0.15) is 13.2 Å². The van der Waals surface area contributed by atoms with Crippen molar-refractivity contribution in [3.8, 4) is 0 Å². The van der Waals surface area contributed by atoms with Crippen LogP contribution >= 0.6 is 0 Å². The lowest BCUT2D eigenvalue weighted by Crippen LogP contribution is -2.30. The molecular formula is C70H124O6. The Morgan fingerprint density at radius 2 is 0.513 bits per heavy atom. The van der Waals surface area contributed by atoms with Crippen molar-refractivity contribution in [1.82, 2.24) is 0 Å². The van der Waals surface area contributed by atoms with Gasteiger partial charge in [0.25, 0.3) is 0 Å². The summed E-state index contributed by atoms with van der Waals surface area (Å²) < 4.78 is 16.8. The van der Waals surface area contributed by atoms with Crippen LogP contribution in [0.1, 0.15) is 335 Å². The molecule has 6 nitrogen and oxygen atoms in total. The van der Waals surface area contributed by atoms with Crippen LogP contribution in [0.15, 0.2) is 72.9 Å². The molecular weight excluding hydrogens is 937 g/mol. The number of hydrogen-bond acceptors (Lipinski definition) is 6. The second-order valence-corrected chi connectivity index (χ2v) is 22.0. The van der Waals surface area contributed by atoms with Crippen LogP contribution in [0.25, 0.3) is 0 Å². The lowest BCUT2D eigenvalue weighted by molar-refractivity contribution is -0.167. The van der Waals surface area contributed by atoms with Gasteiger partial charge in [-0.3, -0.25) is 14.4 Å². The molecule has 0 aromatic rings. The van der Waals surface area contributed by atoms with Gasteiger partial charge in [-0.2, -0.15) is 0 Å². The van der Waals surface area contributed by atoms with Crippen molar-refractivity contribution < 1.29 is 28.6 Å². The van der Waals surface area contributed by atoms with E-state index < -0.39 is 6.10 Å². The quantitative estimate of drug-likeness (QED) is 0.0261. The molecule has 0 saturated carbocycles. The fourth-order valence-electron chi connectivity index (χ4n) is 9.53. The molecule has 440 valence electrons. The number of allylic oxidation sites excluding steroid dienone is 12. The van der Waals surface area contributed by atoms with Crippen LogP contribution in [0.5, 0.6) is 0 Å². The molecule has 0 amide bonds. The van der Waals surface area contributed by atoms with Crippen LogP contribution in [0, 0.1) is 0 Å². The average molecular weight is 1060 g/mol. The molecule has 0 bridgehead atoms. The molecule has 0 saturated heterocycles. The highest BCUT2D eigenvalue weighted by Gasteiger charge is 2.19. The van der Waals surface area contributed by atoms with E-state index in [1.54, 1.807) is 0 Å². The van der Waals surface area contributed by atoms with Crippen LogP contribution in [0.2, 0.25) is 0 Å². The van der Waals surface area contributed by atoms with Crippen molar-refractivity contribution in [2.24, 2.45) is 0 Å².